The van der Waals surface area contributed by atoms with Crippen LogP contribution in [0.3, 0.4) is 0 Å². The maximum Gasteiger partial charge on any atom is 0.137 e. The van der Waals surface area contributed by atoms with E-state index in [2.05, 4.69) is 92.0 Å². The maximum atomic E-state index is 6.39. The van der Waals surface area contributed by atoms with Crippen molar-refractivity contribution in [1.29, 1.82) is 0 Å². The van der Waals surface area contributed by atoms with Crippen molar-refractivity contribution in [3.05, 3.63) is 88.3 Å². The molecule has 0 bridgehead atoms. The van der Waals surface area contributed by atoms with Gasteiger partial charge in [-0.3, -0.25) is 0 Å². The Balaban J connectivity index is 1.78. The Bertz CT molecular complexity index is 1140. The van der Waals surface area contributed by atoms with E-state index in [0.717, 1.165) is 53.6 Å². The SMILES string of the molecule is C=c1ccc2c(c1)Oc1cc(N(CC)CCCN(C)C)ccc1C=2c1ccccc1. The number of rotatable bonds is 7. The summed E-state index contributed by atoms with van der Waals surface area (Å²) in [5, 5.41) is 2.08. The summed E-state index contributed by atoms with van der Waals surface area (Å²) in [5.74, 6) is 1.79. The topological polar surface area (TPSA) is 15.7 Å². The van der Waals surface area contributed by atoms with Crippen molar-refractivity contribution >= 4 is 17.8 Å². The molecule has 0 amide bonds. The third-order valence-corrected chi connectivity index (χ3v) is 5.61. The molecule has 30 heavy (non-hydrogen) atoms. The smallest absolute Gasteiger partial charge is 0.137 e. The zero-order valence-corrected chi connectivity index (χ0v) is 18.2. The van der Waals surface area contributed by atoms with Crippen molar-refractivity contribution in [2.75, 3.05) is 38.6 Å². The molecule has 1 heterocycles. The molecule has 0 spiro atoms. The molecule has 3 heteroatoms. The molecule has 0 aromatic heterocycles. The molecule has 0 saturated heterocycles. The lowest BCUT2D eigenvalue weighted by Gasteiger charge is -2.27. The van der Waals surface area contributed by atoms with E-state index in [-0.39, 0.29) is 0 Å². The Labute approximate surface area is 179 Å². The van der Waals surface area contributed by atoms with Crippen molar-refractivity contribution in [1.82, 2.24) is 4.90 Å². The fraction of sp³-hybridized carbons (Fsp3) is 0.259. The fourth-order valence-corrected chi connectivity index (χ4v) is 4.08. The third kappa shape index (κ3) is 4.12. The van der Waals surface area contributed by atoms with Crippen LogP contribution in [0.2, 0.25) is 0 Å². The zero-order chi connectivity index (χ0) is 21.1. The molecule has 154 valence electrons. The van der Waals surface area contributed by atoms with Gasteiger partial charge in [0.2, 0.25) is 0 Å². The van der Waals surface area contributed by atoms with Crippen LogP contribution in [0.25, 0.3) is 12.2 Å². The van der Waals surface area contributed by atoms with Crippen LogP contribution in [0.5, 0.6) is 11.5 Å². The average molecular weight is 399 g/mol. The van der Waals surface area contributed by atoms with Crippen molar-refractivity contribution < 1.29 is 4.74 Å². The summed E-state index contributed by atoms with van der Waals surface area (Å²) in [6.45, 7) is 9.39. The first-order valence-corrected chi connectivity index (χ1v) is 10.7. The van der Waals surface area contributed by atoms with Crippen LogP contribution in [0.4, 0.5) is 5.69 Å². The van der Waals surface area contributed by atoms with E-state index in [1.165, 1.54) is 16.8 Å². The van der Waals surface area contributed by atoms with E-state index in [1.807, 2.05) is 12.1 Å². The lowest BCUT2D eigenvalue weighted by atomic mass is 9.92. The van der Waals surface area contributed by atoms with Gasteiger partial charge in [0.05, 0.1) is 0 Å². The second kappa shape index (κ2) is 8.76. The predicted molar refractivity (Wildman–Crippen MR) is 127 cm³/mol. The lowest BCUT2D eigenvalue weighted by Crippen LogP contribution is -2.27. The summed E-state index contributed by atoms with van der Waals surface area (Å²) in [4.78, 5) is 4.65. The summed E-state index contributed by atoms with van der Waals surface area (Å²) in [7, 11) is 4.25. The standard InChI is InChI=1S/C27H30N2O/c1-5-29(17-9-16-28(3)4)22-13-15-24-26(19-22)30-25-18-20(2)12-14-23(25)27(24)21-10-7-6-8-11-21/h6-8,10-15,18-19H,2,5,9,16-17H2,1,3-4H3. The molecule has 0 radical (unpaired) electrons. The van der Waals surface area contributed by atoms with Crippen LogP contribution >= 0.6 is 0 Å². The van der Waals surface area contributed by atoms with E-state index in [0.29, 0.717) is 0 Å². The summed E-state index contributed by atoms with van der Waals surface area (Å²) in [5.41, 5.74) is 4.76. The lowest BCUT2D eigenvalue weighted by molar-refractivity contribution is 0.400. The Morgan fingerprint density at radius 3 is 2.40 bits per heavy atom. The molecule has 4 rings (SSSR count). The van der Waals surface area contributed by atoms with Gasteiger partial charge in [-0.2, -0.15) is 0 Å². The molecule has 1 aliphatic rings. The summed E-state index contributed by atoms with van der Waals surface area (Å²) in [6, 6.07) is 23.4. The highest BCUT2D eigenvalue weighted by Gasteiger charge is 2.21. The van der Waals surface area contributed by atoms with E-state index in [4.69, 9.17) is 4.74 Å². The predicted octanol–water partition coefficient (Wildman–Crippen LogP) is 4.23. The number of fused-ring (bicyclic) bond motifs is 2. The maximum absolute atomic E-state index is 6.39. The van der Waals surface area contributed by atoms with Gasteiger partial charge in [-0.1, -0.05) is 49.0 Å². The minimum Gasteiger partial charge on any atom is -0.456 e. The summed E-state index contributed by atoms with van der Waals surface area (Å²) in [6.07, 6.45) is 1.13. The molecular weight excluding hydrogens is 368 g/mol. The Morgan fingerprint density at radius 1 is 0.867 bits per heavy atom. The highest BCUT2D eigenvalue weighted by molar-refractivity contribution is 5.86. The number of hydrogen-bond donors (Lipinski definition) is 0. The largest absolute Gasteiger partial charge is 0.456 e. The van der Waals surface area contributed by atoms with Gasteiger partial charge in [0.1, 0.15) is 11.5 Å². The number of hydrogen-bond acceptors (Lipinski definition) is 3. The molecule has 3 aromatic rings. The normalized spacial score (nSPS) is 12.3. The minimum atomic E-state index is 0.877. The summed E-state index contributed by atoms with van der Waals surface area (Å²) >= 11 is 0. The first-order valence-electron chi connectivity index (χ1n) is 10.7. The molecule has 0 aliphatic carbocycles. The van der Waals surface area contributed by atoms with Crippen LogP contribution in [-0.4, -0.2) is 38.6 Å². The molecule has 3 aromatic carbocycles. The molecule has 0 fully saturated rings. The van der Waals surface area contributed by atoms with Crippen LogP contribution in [0, 0.1) is 0 Å². The second-order valence-corrected chi connectivity index (χ2v) is 8.09. The quantitative estimate of drug-likeness (QED) is 0.463. The van der Waals surface area contributed by atoms with Gasteiger partial charge in [-0.15, -0.1) is 0 Å². The van der Waals surface area contributed by atoms with Gasteiger partial charge in [0, 0.05) is 41.2 Å². The monoisotopic (exact) mass is 398 g/mol. The number of ether oxygens (including phenoxy) is 1. The van der Waals surface area contributed by atoms with Crippen LogP contribution in [0.15, 0.2) is 66.7 Å². The van der Waals surface area contributed by atoms with E-state index in [1.54, 1.807) is 0 Å². The summed E-state index contributed by atoms with van der Waals surface area (Å²) < 4.78 is 6.39. The van der Waals surface area contributed by atoms with Gasteiger partial charge in [0.15, 0.2) is 0 Å². The van der Waals surface area contributed by atoms with E-state index < -0.39 is 0 Å². The highest BCUT2D eigenvalue weighted by Crippen LogP contribution is 2.38. The molecule has 0 unspecified atom stereocenters. The zero-order valence-electron chi connectivity index (χ0n) is 18.2. The molecule has 0 saturated carbocycles. The van der Waals surface area contributed by atoms with E-state index in [9.17, 15) is 0 Å². The first-order chi connectivity index (χ1) is 14.6. The first kappa shape index (κ1) is 20.2. The fourth-order valence-electron chi connectivity index (χ4n) is 4.08. The van der Waals surface area contributed by atoms with Gasteiger partial charge in [-0.05, 0) is 63.0 Å². The molecule has 0 N–H and O–H groups in total. The van der Waals surface area contributed by atoms with Crippen molar-refractivity contribution in [2.45, 2.75) is 13.3 Å². The van der Waals surface area contributed by atoms with Crippen LogP contribution < -0.4 is 20.1 Å². The van der Waals surface area contributed by atoms with Gasteiger partial charge in [-0.25, -0.2) is 0 Å². The molecule has 1 aliphatic heterocycles. The van der Waals surface area contributed by atoms with Crippen molar-refractivity contribution in [3.8, 4) is 11.5 Å². The minimum absolute atomic E-state index is 0.877. The van der Waals surface area contributed by atoms with Crippen molar-refractivity contribution in [2.24, 2.45) is 0 Å². The molecule has 3 nitrogen and oxygen atoms in total. The van der Waals surface area contributed by atoms with Crippen LogP contribution in [0.1, 0.15) is 24.5 Å². The van der Waals surface area contributed by atoms with Gasteiger partial charge >= 0.3 is 0 Å². The number of nitrogens with zero attached hydrogens (tertiary/aromatic N) is 2. The number of anilines is 1. The van der Waals surface area contributed by atoms with Crippen molar-refractivity contribution in [3.63, 3.8) is 0 Å². The molecule has 0 atom stereocenters. The average Bonchev–Trinajstić information content (AvgIpc) is 2.75. The van der Waals surface area contributed by atoms with Gasteiger partial charge < -0.3 is 14.5 Å². The number of benzene rings is 3. The second-order valence-electron chi connectivity index (χ2n) is 8.09. The Hall–Kier alpha value is -3.04. The van der Waals surface area contributed by atoms with Crippen LogP contribution in [-0.2, 0) is 0 Å². The van der Waals surface area contributed by atoms with Gasteiger partial charge in [0.25, 0.3) is 0 Å². The Kier molecular flexibility index (Phi) is 5.91. The Morgan fingerprint density at radius 2 is 1.67 bits per heavy atom. The third-order valence-electron chi connectivity index (χ3n) is 5.61. The molecular formula is C27H30N2O. The van der Waals surface area contributed by atoms with E-state index >= 15 is 0 Å². The highest BCUT2D eigenvalue weighted by atomic mass is 16.5.